The number of primary amides is 1. The predicted molar refractivity (Wildman–Crippen MR) is 86.8 cm³/mol. The molecule has 114 valence electrons. The van der Waals surface area contributed by atoms with Crippen LogP contribution in [0.15, 0.2) is 59.5 Å². The molecule has 0 aliphatic carbocycles. The molecule has 1 aromatic heterocycles. The third-order valence-corrected chi connectivity index (χ3v) is 3.25. The van der Waals surface area contributed by atoms with Gasteiger partial charge in [-0.2, -0.15) is 0 Å². The van der Waals surface area contributed by atoms with E-state index in [2.05, 4.69) is 16.9 Å². The molecule has 0 saturated carbocycles. The molecule has 0 unspecified atom stereocenters. The van der Waals surface area contributed by atoms with Crippen molar-refractivity contribution in [2.45, 2.75) is 0 Å². The second kappa shape index (κ2) is 5.76. The Morgan fingerprint density at radius 1 is 1.17 bits per heavy atom. The number of anilines is 1. The van der Waals surface area contributed by atoms with E-state index in [1.54, 1.807) is 18.2 Å². The average molecular weight is 307 g/mol. The zero-order valence-electron chi connectivity index (χ0n) is 12.1. The van der Waals surface area contributed by atoms with Crippen LogP contribution in [0.1, 0.15) is 10.7 Å². The van der Waals surface area contributed by atoms with Crippen molar-refractivity contribution < 1.29 is 14.0 Å². The summed E-state index contributed by atoms with van der Waals surface area (Å²) in [6.45, 7) is 3.42. The van der Waals surface area contributed by atoms with Gasteiger partial charge in [0.2, 0.25) is 5.91 Å². The molecule has 3 aromatic rings. The number of hydrogen-bond donors (Lipinski definition) is 2. The van der Waals surface area contributed by atoms with E-state index in [9.17, 15) is 9.59 Å². The molecule has 6 heteroatoms. The summed E-state index contributed by atoms with van der Waals surface area (Å²) >= 11 is 0. The highest BCUT2D eigenvalue weighted by Gasteiger charge is 2.11. The highest BCUT2D eigenvalue weighted by Crippen LogP contribution is 2.26. The molecule has 0 fully saturated rings. The minimum atomic E-state index is -0.711. The Morgan fingerprint density at radius 3 is 2.70 bits per heavy atom. The Hall–Kier alpha value is -3.41. The molecule has 0 aliphatic heterocycles. The van der Waals surface area contributed by atoms with Crippen LogP contribution in [0.25, 0.3) is 22.2 Å². The average Bonchev–Trinajstić information content (AvgIpc) is 2.98. The van der Waals surface area contributed by atoms with Crippen molar-refractivity contribution in [3.63, 3.8) is 0 Å². The number of carbonyl (C=O) groups excluding carboxylic acids is 2. The minimum absolute atomic E-state index is 0.121. The lowest BCUT2D eigenvalue weighted by Crippen LogP contribution is -2.10. The summed E-state index contributed by atoms with van der Waals surface area (Å²) in [5.74, 6) is -1.11. The fourth-order valence-corrected chi connectivity index (χ4v) is 2.18. The van der Waals surface area contributed by atoms with Crippen molar-refractivity contribution in [2.24, 2.45) is 5.73 Å². The van der Waals surface area contributed by atoms with Gasteiger partial charge in [0, 0.05) is 5.69 Å². The third-order valence-electron chi connectivity index (χ3n) is 3.25. The van der Waals surface area contributed by atoms with Crippen LogP contribution in [0.2, 0.25) is 0 Å². The first-order chi connectivity index (χ1) is 11.1. The van der Waals surface area contributed by atoms with Gasteiger partial charge in [0.05, 0.1) is 0 Å². The lowest BCUT2D eigenvalue weighted by molar-refractivity contribution is -0.111. The van der Waals surface area contributed by atoms with Gasteiger partial charge in [0.15, 0.2) is 5.58 Å². The minimum Gasteiger partial charge on any atom is -0.432 e. The second-order valence-electron chi connectivity index (χ2n) is 4.84. The maximum Gasteiger partial charge on any atom is 0.304 e. The summed E-state index contributed by atoms with van der Waals surface area (Å²) < 4.78 is 5.26. The number of fused-ring (bicyclic) bond motifs is 1. The lowest BCUT2D eigenvalue weighted by Gasteiger charge is -2.06. The van der Waals surface area contributed by atoms with Crippen molar-refractivity contribution in [3.8, 4) is 11.1 Å². The van der Waals surface area contributed by atoms with Crippen LogP contribution in [0.5, 0.6) is 0 Å². The third kappa shape index (κ3) is 2.96. The Balaban J connectivity index is 1.99. The SMILES string of the molecule is C=CC(=O)Nc1cccc(-c2ccc3oc(C(N)=O)nc3c2)c1. The van der Waals surface area contributed by atoms with E-state index in [1.165, 1.54) is 6.08 Å². The number of nitrogens with two attached hydrogens (primary N) is 1. The normalized spacial score (nSPS) is 10.4. The maximum absolute atomic E-state index is 11.4. The topological polar surface area (TPSA) is 98.2 Å². The van der Waals surface area contributed by atoms with E-state index >= 15 is 0 Å². The molecule has 0 radical (unpaired) electrons. The molecule has 1 heterocycles. The first-order valence-corrected chi connectivity index (χ1v) is 6.81. The van der Waals surface area contributed by atoms with Crippen LogP contribution >= 0.6 is 0 Å². The van der Waals surface area contributed by atoms with Crippen molar-refractivity contribution in [2.75, 3.05) is 5.32 Å². The number of aromatic nitrogens is 1. The number of nitrogens with one attached hydrogen (secondary N) is 1. The van der Waals surface area contributed by atoms with Crippen molar-refractivity contribution in [3.05, 3.63) is 61.0 Å². The molecule has 6 nitrogen and oxygen atoms in total. The van der Waals surface area contributed by atoms with Crippen molar-refractivity contribution >= 4 is 28.6 Å². The molecule has 2 aromatic carbocycles. The molecule has 0 atom stereocenters. The first-order valence-electron chi connectivity index (χ1n) is 6.81. The molecule has 0 spiro atoms. The van der Waals surface area contributed by atoms with Crippen LogP contribution in [-0.2, 0) is 4.79 Å². The number of rotatable bonds is 4. The monoisotopic (exact) mass is 307 g/mol. The van der Waals surface area contributed by atoms with Gasteiger partial charge in [0.25, 0.3) is 5.89 Å². The number of benzene rings is 2. The Kier molecular flexibility index (Phi) is 3.64. The van der Waals surface area contributed by atoms with Crippen molar-refractivity contribution in [1.82, 2.24) is 4.98 Å². The molecule has 23 heavy (non-hydrogen) atoms. The molecular formula is C17H13N3O3. The van der Waals surface area contributed by atoms with E-state index < -0.39 is 5.91 Å². The zero-order chi connectivity index (χ0) is 16.4. The lowest BCUT2D eigenvalue weighted by atomic mass is 10.0. The summed E-state index contributed by atoms with van der Waals surface area (Å²) in [6, 6.07) is 12.7. The van der Waals surface area contributed by atoms with Crippen molar-refractivity contribution in [1.29, 1.82) is 0 Å². The van der Waals surface area contributed by atoms with E-state index in [4.69, 9.17) is 10.2 Å². The molecule has 0 aliphatic rings. The van der Waals surface area contributed by atoms with E-state index in [0.717, 1.165) is 11.1 Å². The van der Waals surface area contributed by atoms with E-state index in [1.807, 2.05) is 24.3 Å². The largest absolute Gasteiger partial charge is 0.432 e. The Labute approximate surface area is 131 Å². The van der Waals surface area contributed by atoms with Gasteiger partial charge in [-0.25, -0.2) is 4.98 Å². The number of hydrogen-bond acceptors (Lipinski definition) is 4. The molecule has 0 saturated heterocycles. The van der Waals surface area contributed by atoms with Crippen LogP contribution in [0, 0.1) is 0 Å². The standard InChI is InChI=1S/C17H13N3O3/c1-2-15(21)19-12-5-3-4-10(8-12)11-6-7-14-13(9-11)20-17(23-14)16(18)22/h2-9H,1H2,(H2,18,22)(H,19,21). The zero-order valence-corrected chi connectivity index (χ0v) is 12.1. The molecule has 0 bridgehead atoms. The fourth-order valence-electron chi connectivity index (χ4n) is 2.18. The van der Waals surface area contributed by atoms with Gasteiger partial charge < -0.3 is 15.5 Å². The molecule has 2 amide bonds. The van der Waals surface area contributed by atoms with Crippen LogP contribution in [0.3, 0.4) is 0 Å². The summed E-state index contributed by atoms with van der Waals surface area (Å²) in [4.78, 5) is 26.6. The van der Waals surface area contributed by atoms with Crippen LogP contribution < -0.4 is 11.1 Å². The van der Waals surface area contributed by atoms with E-state index in [0.29, 0.717) is 16.8 Å². The summed E-state index contributed by atoms with van der Waals surface area (Å²) in [6.07, 6.45) is 1.21. The Bertz CT molecular complexity index is 928. The summed E-state index contributed by atoms with van der Waals surface area (Å²) in [5, 5.41) is 2.71. The number of nitrogens with zero attached hydrogens (tertiary/aromatic N) is 1. The van der Waals surface area contributed by atoms with Crippen LogP contribution in [0.4, 0.5) is 5.69 Å². The van der Waals surface area contributed by atoms with Crippen LogP contribution in [-0.4, -0.2) is 16.8 Å². The maximum atomic E-state index is 11.4. The van der Waals surface area contributed by atoms with Gasteiger partial charge in [-0.15, -0.1) is 0 Å². The van der Waals surface area contributed by atoms with Gasteiger partial charge in [-0.3, -0.25) is 9.59 Å². The number of oxazole rings is 1. The highest BCUT2D eigenvalue weighted by molar-refractivity contribution is 5.99. The summed E-state index contributed by atoms with van der Waals surface area (Å²) in [5.41, 5.74) is 8.60. The Morgan fingerprint density at radius 2 is 1.96 bits per heavy atom. The van der Waals surface area contributed by atoms with Gasteiger partial charge in [-0.1, -0.05) is 24.8 Å². The van der Waals surface area contributed by atoms with E-state index in [-0.39, 0.29) is 11.8 Å². The van der Waals surface area contributed by atoms with Gasteiger partial charge >= 0.3 is 5.91 Å². The smallest absolute Gasteiger partial charge is 0.304 e. The number of carbonyl (C=O) groups is 2. The first kappa shape index (κ1) is 14.5. The molecular weight excluding hydrogens is 294 g/mol. The van der Waals surface area contributed by atoms with Gasteiger partial charge in [0.1, 0.15) is 5.52 Å². The highest BCUT2D eigenvalue weighted by atomic mass is 16.4. The molecule has 3 rings (SSSR count). The number of amides is 2. The quantitative estimate of drug-likeness (QED) is 0.724. The fraction of sp³-hybridized carbons (Fsp3) is 0. The predicted octanol–water partition coefficient (Wildman–Crippen LogP) is 2.72. The van der Waals surface area contributed by atoms with Gasteiger partial charge in [-0.05, 0) is 41.5 Å². The molecule has 3 N–H and O–H groups in total. The summed E-state index contributed by atoms with van der Waals surface area (Å²) in [7, 11) is 0. The second-order valence-corrected chi connectivity index (χ2v) is 4.84.